The third-order valence-corrected chi connectivity index (χ3v) is 4.33. The lowest BCUT2D eigenvalue weighted by Crippen LogP contribution is -2.34. The van der Waals surface area contributed by atoms with Gasteiger partial charge in [-0.15, -0.1) is 0 Å². The summed E-state index contributed by atoms with van der Waals surface area (Å²) in [5.74, 6) is 0.279. The number of carbonyl (C=O) groups is 2. The molecule has 2 N–H and O–H groups in total. The summed E-state index contributed by atoms with van der Waals surface area (Å²) in [6.07, 6.45) is 3.81. The maximum atomic E-state index is 12.2. The van der Waals surface area contributed by atoms with Gasteiger partial charge in [0.25, 0.3) is 0 Å². The molecule has 2 heterocycles. The maximum Gasteiger partial charge on any atom is 0.319 e. The molecule has 1 fully saturated rings. The van der Waals surface area contributed by atoms with Crippen molar-refractivity contribution in [3.05, 3.63) is 59.9 Å². The zero-order chi connectivity index (χ0) is 17.6. The monoisotopic (exact) mass is 338 g/mol. The topological polar surface area (TPSA) is 74.3 Å². The Morgan fingerprint density at radius 1 is 1.28 bits per heavy atom. The largest absolute Gasteiger partial charge is 0.338 e. The Morgan fingerprint density at radius 3 is 2.84 bits per heavy atom. The van der Waals surface area contributed by atoms with E-state index < -0.39 is 0 Å². The van der Waals surface area contributed by atoms with Crippen LogP contribution >= 0.6 is 0 Å². The van der Waals surface area contributed by atoms with Crippen LogP contribution in [0.2, 0.25) is 0 Å². The fourth-order valence-corrected chi connectivity index (χ4v) is 2.96. The van der Waals surface area contributed by atoms with E-state index in [9.17, 15) is 9.59 Å². The van der Waals surface area contributed by atoms with Crippen LogP contribution in [-0.4, -0.2) is 34.9 Å². The van der Waals surface area contributed by atoms with Gasteiger partial charge in [0.1, 0.15) is 0 Å². The van der Waals surface area contributed by atoms with E-state index in [2.05, 4.69) is 15.6 Å². The molecule has 1 saturated heterocycles. The molecule has 6 heteroatoms. The Hall–Kier alpha value is -2.89. The molecule has 0 unspecified atom stereocenters. The highest BCUT2D eigenvalue weighted by molar-refractivity contribution is 5.90. The van der Waals surface area contributed by atoms with E-state index in [0.717, 1.165) is 16.8 Å². The van der Waals surface area contributed by atoms with Crippen LogP contribution in [0.1, 0.15) is 17.5 Å². The van der Waals surface area contributed by atoms with Crippen LogP contribution in [0.15, 0.2) is 48.8 Å². The molecule has 1 aromatic heterocycles. The summed E-state index contributed by atoms with van der Waals surface area (Å²) in [6, 6.07) is 11.4. The first-order valence-electron chi connectivity index (χ1n) is 8.39. The summed E-state index contributed by atoms with van der Waals surface area (Å²) in [7, 11) is 0. The zero-order valence-corrected chi connectivity index (χ0v) is 14.2. The van der Waals surface area contributed by atoms with Gasteiger partial charge in [-0.3, -0.25) is 9.78 Å². The molecule has 1 aliphatic heterocycles. The number of benzene rings is 1. The van der Waals surface area contributed by atoms with E-state index in [0.29, 0.717) is 26.1 Å². The molecule has 0 bridgehead atoms. The van der Waals surface area contributed by atoms with Gasteiger partial charge in [-0.1, -0.05) is 30.3 Å². The number of aromatic nitrogens is 1. The Morgan fingerprint density at radius 2 is 2.08 bits per heavy atom. The SMILES string of the molecule is Cc1cnccc1NC(=O)NC[C@H]1CC(=O)N(Cc2ccccc2)C1. The number of pyridine rings is 1. The summed E-state index contributed by atoms with van der Waals surface area (Å²) >= 11 is 0. The van der Waals surface area contributed by atoms with Crippen molar-refractivity contribution in [1.29, 1.82) is 0 Å². The van der Waals surface area contributed by atoms with E-state index in [4.69, 9.17) is 0 Å². The van der Waals surface area contributed by atoms with Crippen molar-refractivity contribution in [1.82, 2.24) is 15.2 Å². The minimum absolute atomic E-state index is 0.139. The van der Waals surface area contributed by atoms with Crippen LogP contribution in [0.3, 0.4) is 0 Å². The molecule has 3 amide bonds. The molecule has 0 radical (unpaired) electrons. The summed E-state index contributed by atoms with van der Waals surface area (Å²) < 4.78 is 0. The molecule has 0 spiro atoms. The lowest BCUT2D eigenvalue weighted by atomic mass is 10.1. The number of aryl methyl sites for hydroxylation is 1. The number of hydrogen-bond donors (Lipinski definition) is 2. The second kappa shape index (κ2) is 7.79. The lowest BCUT2D eigenvalue weighted by molar-refractivity contribution is -0.128. The fourth-order valence-electron chi connectivity index (χ4n) is 2.96. The second-order valence-electron chi connectivity index (χ2n) is 6.36. The number of nitrogens with one attached hydrogen (secondary N) is 2. The molecule has 25 heavy (non-hydrogen) atoms. The van der Waals surface area contributed by atoms with Crippen molar-refractivity contribution in [3.8, 4) is 0 Å². The molecular formula is C19H22N4O2. The van der Waals surface area contributed by atoms with Crippen LogP contribution in [-0.2, 0) is 11.3 Å². The van der Waals surface area contributed by atoms with Crippen molar-refractivity contribution in [3.63, 3.8) is 0 Å². The zero-order valence-electron chi connectivity index (χ0n) is 14.2. The van der Waals surface area contributed by atoms with Gasteiger partial charge in [-0.2, -0.15) is 0 Å². The second-order valence-corrected chi connectivity index (χ2v) is 6.36. The number of hydrogen-bond acceptors (Lipinski definition) is 3. The Bertz CT molecular complexity index is 748. The molecule has 0 saturated carbocycles. The third-order valence-electron chi connectivity index (χ3n) is 4.33. The number of urea groups is 1. The van der Waals surface area contributed by atoms with Gasteiger partial charge in [-0.05, 0) is 24.1 Å². The van der Waals surface area contributed by atoms with E-state index in [-0.39, 0.29) is 17.9 Å². The van der Waals surface area contributed by atoms with E-state index in [1.54, 1.807) is 18.5 Å². The number of likely N-dealkylation sites (tertiary alicyclic amines) is 1. The third kappa shape index (κ3) is 4.56. The highest BCUT2D eigenvalue weighted by Crippen LogP contribution is 2.19. The van der Waals surface area contributed by atoms with Crippen LogP contribution in [0.4, 0.5) is 10.5 Å². The molecule has 0 aliphatic carbocycles. The highest BCUT2D eigenvalue weighted by atomic mass is 16.2. The van der Waals surface area contributed by atoms with Crippen molar-refractivity contribution in [2.24, 2.45) is 5.92 Å². The van der Waals surface area contributed by atoms with Gasteiger partial charge in [-0.25, -0.2) is 4.79 Å². The van der Waals surface area contributed by atoms with Gasteiger partial charge in [0.15, 0.2) is 0 Å². The van der Waals surface area contributed by atoms with Crippen LogP contribution in [0.5, 0.6) is 0 Å². The predicted octanol–water partition coefficient (Wildman–Crippen LogP) is 2.56. The Labute approximate surface area is 147 Å². The molecule has 2 aromatic rings. The minimum Gasteiger partial charge on any atom is -0.338 e. The molecule has 1 aromatic carbocycles. The number of rotatable bonds is 5. The van der Waals surface area contributed by atoms with Crippen molar-refractivity contribution in [2.75, 3.05) is 18.4 Å². The lowest BCUT2D eigenvalue weighted by Gasteiger charge is -2.17. The van der Waals surface area contributed by atoms with Crippen LogP contribution in [0, 0.1) is 12.8 Å². The maximum absolute atomic E-state index is 12.2. The smallest absolute Gasteiger partial charge is 0.319 e. The Balaban J connectivity index is 1.47. The van der Waals surface area contributed by atoms with E-state index in [1.807, 2.05) is 42.2 Å². The minimum atomic E-state index is -0.261. The first kappa shape index (κ1) is 17.0. The molecular weight excluding hydrogens is 316 g/mol. The standard InChI is InChI=1S/C19H22N4O2/c1-14-10-20-8-7-17(14)22-19(25)21-11-16-9-18(24)23(13-16)12-15-5-3-2-4-6-15/h2-8,10,16H,9,11-13H2,1H3,(H2,20,21,22,25)/t16-/m1/s1. The van der Waals surface area contributed by atoms with Crippen LogP contribution < -0.4 is 10.6 Å². The molecule has 1 aliphatic rings. The first-order valence-corrected chi connectivity index (χ1v) is 8.39. The van der Waals surface area contributed by atoms with E-state index >= 15 is 0 Å². The van der Waals surface area contributed by atoms with Crippen molar-refractivity contribution >= 4 is 17.6 Å². The van der Waals surface area contributed by atoms with Gasteiger partial charge in [0, 0.05) is 50.1 Å². The van der Waals surface area contributed by atoms with Gasteiger partial charge in [0.05, 0.1) is 0 Å². The average molecular weight is 338 g/mol. The summed E-state index contributed by atoms with van der Waals surface area (Å²) in [6.45, 7) is 3.66. The van der Waals surface area contributed by atoms with Gasteiger partial charge in [0.2, 0.25) is 5.91 Å². The molecule has 1 atom stereocenters. The normalized spacial score (nSPS) is 16.8. The van der Waals surface area contributed by atoms with Crippen LogP contribution in [0.25, 0.3) is 0 Å². The Kier molecular flexibility index (Phi) is 5.28. The molecule has 6 nitrogen and oxygen atoms in total. The molecule has 130 valence electrons. The summed E-state index contributed by atoms with van der Waals surface area (Å²) in [4.78, 5) is 30.0. The summed E-state index contributed by atoms with van der Waals surface area (Å²) in [5.41, 5.74) is 2.76. The number of carbonyl (C=O) groups excluding carboxylic acids is 2. The summed E-state index contributed by atoms with van der Waals surface area (Å²) in [5, 5.41) is 5.66. The first-order chi connectivity index (χ1) is 12.1. The average Bonchev–Trinajstić information content (AvgIpc) is 2.96. The molecule has 3 rings (SSSR count). The number of nitrogens with zero attached hydrogens (tertiary/aromatic N) is 2. The highest BCUT2D eigenvalue weighted by Gasteiger charge is 2.29. The van der Waals surface area contributed by atoms with Crippen molar-refractivity contribution < 1.29 is 9.59 Å². The number of amides is 3. The fraction of sp³-hybridized carbons (Fsp3) is 0.316. The van der Waals surface area contributed by atoms with Gasteiger partial charge >= 0.3 is 6.03 Å². The van der Waals surface area contributed by atoms with Gasteiger partial charge < -0.3 is 15.5 Å². The number of anilines is 1. The van der Waals surface area contributed by atoms with Crippen molar-refractivity contribution in [2.45, 2.75) is 19.9 Å². The van der Waals surface area contributed by atoms with E-state index in [1.165, 1.54) is 0 Å². The predicted molar refractivity (Wildman–Crippen MR) is 96.0 cm³/mol. The quantitative estimate of drug-likeness (QED) is 0.880.